The zero-order valence-electron chi connectivity index (χ0n) is 9.95. The van der Waals surface area contributed by atoms with Gasteiger partial charge < -0.3 is 10.5 Å². The van der Waals surface area contributed by atoms with Crippen molar-refractivity contribution in [2.75, 3.05) is 0 Å². The molecule has 6 heteroatoms. The molecule has 0 fully saturated rings. The Bertz CT molecular complexity index is 457. The minimum absolute atomic E-state index is 0.274. The second-order valence-electron chi connectivity index (χ2n) is 3.67. The number of halogens is 3. The van der Waals surface area contributed by atoms with Crippen LogP contribution in [-0.4, -0.2) is 12.6 Å². The highest BCUT2D eigenvalue weighted by atomic mass is 19.4. The Labute approximate surface area is 103 Å². The predicted molar refractivity (Wildman–Crippen MR) is 63.8 cm³/mol. The molecule has 0 amide bonds. The average Bonchev–Trinajstić information content (AvgIpc) is 2.25. The standard InChI is InChI=1S/C12H13F3N2O/c1-8(9(2)16)7-17-10-3-5-11(6-4-10)18-12(13,14)15/h3-7H,16H2,1-2H3/b9-8-,17-7?. The molecule has 0 aliphatic heterocycles. The molecule has 18 heavy (non-hydrogen) atoms. The van der Waals surface area contributed by atoms with E-state index in [1.807, 2.05) is 0 Å². The van der Waals surface area contributed by atoms with Crippen LogP contribution in [0.25, 0.3) is 0 Å². The van der Waals surface area contributed by atoms with E-state index in [1.165, 1.54) is 24.3 Å². The molecule has 0 unspecified atom stereocenters. The molecule has 0 saturated heterocycles. The molecule has 3 nitrogen and oxygen atoms in total. The van der Waals surface area contributed by atoms with Crippen molar-refractivity contribution in [2.45, 2.75) is 20.2 Å². The number of alkyl halides is 3. The van der Waals surface area contributed by atoms with E-state index in [4.69, 9.17) is 5.73 Å². The summed E-state index contributed by atoms with van der Waals surface area (Å²) in [6.07, 6.45) is -3.13. The van der Waals surface area contributed by atoms with Crippen molar-refractivity contribution in [3.63, 3.8) is 0 Å². The molecule has 0 saturated carbocycles. The van der Waals surface area contributed by atoms with Crippen molar-refractivity contribution in [3.05, 3.63) is 35.5 Å². The summed E-state index contributed by atoms with van der Waals surface area (Å²) in [6, 6.07) is 5.26. The van der Waals surface area contributed by atoms with Crippen LogP contribution in [-0.2, 0) is 0 Å². The fraction of sp³-hybridized carbons (Fsp3) is 0.250. The van der Waals surface area contributed by atoms with Gasteiger partial charge in [-0.2, -0.15) is 0 Å². The van der Waals surface area contributed by atoms with E-state index in [0.29, 0.717) is 11.4 Å². The van der Waals surface area contributed by atoms with E-state index in [-0.39, 0.29) is 5.75 Å². The second kappa shape index (κ2) is 5.57. The van der Waals surface area contributed by atoms with Crippen LogP contribution in [0.15, 0.2) is 40.5 Å². The van der Waals surface area contributed by atoms with Gasteiger partial charge in [-0.15, -0.1) is 13.2 Å². The lowest BCUT2D eigenvalue weighted by Gasteiger charge is -2.08. The van der Waals surface area contributed by atoms with Gasteiger partial charge in [-0.05, 0) is 43.7 Å². The summed E-state index contributed by atoms with van der Waals surface area (Å²) in [5, 5.41) is 0. The van der Waals surface area contributed by atoms with E-state index in [9.17, 15) is 13.2 Å². The number of benzene rings is 1. The van der Waals surface area contributed by atoms with Crippen LogP contribution in [0.3, 0.4) is 0 Å². The number of nitrogens with two attached hydrogens (primary N) is 1. The van der Waals surface area contributed by atoms with Gasteiger partial charge >= 0.3 is 6.36 Å². The van der Waals surface area contributed by atoms with Crippen molar-refractivity contribution < 1.29 is 17.9 Å². The summed E-state index contributed by atoms with van der Waals surface area (Å²) < 4.78 is 39.5. The van der Waals surface area contributed by atoms with Crippen LogP contribution >= 0.6 is 0 Å². The maximum atomic E-state index is 11.9. The van der Waals surface area contributed by atoms with Gasteiger partial charge in [0.25, 0.3) is 0 Å². The number of ether oxygens (including phenoxy) is 1. The highest BCUT2D eigenvalue weighted by Gasteiger charge is 2.30. The van der Waals surface area contributed by atoms with Crippen LogP contribution in [0, 0.1) is 0 Å². The number of hydrogen-bond donors (Lipinski definition) is 1. The molecule has 0 heterocycles. The molecule has 1 rings (SSSR count). The van der Waals surface area contributed by atoms with Crippen LogP contribution in [0.4, 0.5) is 18.9 Å². The third-order valence-electron chi connectivity index (χ3n) is 2.10. The Kier molecular flexibility index (Phi) is 4.36. The molecule has 0 bridgehead atoms. The van der Waals surface area contributed by atoms with E-state index < -0.39 is 6.36 Å². The van der Waals surface area contributed by atoms with E-state index in [1.54, 1.807) is 20.1 Å². The monoisotopic (exact) mass is 258 g/mol. The fourth-order valence-corrected chi connectivity index (χ4v) is 1.01. The van der Waals surface area contributed by atoms with E-state index in [2.05, 4.69) is 9.73 Å². The van der Waals surface area contributed by atoms with Gasteiger partial charge in [0.1, 0.15) is 5.75 Å². The summed E-state index contributed by atoms with van der Waals surface area (Å²) in [5.41, 5.74) is 7.49. The lowest BCUT2D eigenvalue weighted by Crippen LogP contribution is -2.16. The van der Waals surface area contributed by atoms with Gasteiger partial charge in [0, 0.05) is 11.9 Å². The molecule has 0 aliphatic rings. The first-order valence-electron chi connectivity index (χ1n) is 5.11. The Morgan fingerprint density at radius 2 is 1.78 bits per heavy atom. The summed E-state index contributed by atoms with van der Waals surface area (Å²) in [6.45, 7) is 3.53. The molecule has 1 aromatic rings. The maximum absolute atomic E-state index is 11.9. The zero-order chi connectivity index (χ0) is 13.8. The first-order chi connectivity index (χ1) is 8.28. The van der Waals surface area contributed by atoms with Crippen LogP contribution < -0.4 is 10.5 Å². The minimum atomic E-state index is -4.68. The third kappa shape index (κ3) is 4.90. The van der Waals surface area contributed by atoms with Gasteiger partial charge in [0.2, 0.25) is 0 Å². The molecule has 1 aromatic carbocycles. The SMILES string of the molecule is C/C(N)=C(\C)C=Nc1ccc(OC(F)(F)F)cc1. The number of allylic oxidation sites excluding steroid dienone is 2. The Balaban J connectivity index is 2.75. The van der Waals surface area contributed by atoms with E-state index >= 15 is 0 Å². The highest BCUT2D eigenvalue weighted by molar-refractivity contribution is 5.81. The third-order valence-corrected chi connectivity index (χ3v) is 2.10. The van der Waals surface area contributed by atoms with Crippen molar-refractivity contribution in [1.29, 1.82) is 0 Å². The van der Waals surface area contributed by atoms with Crippen molar-refractivity contribution >= 4 is 11.9 Å². The number of nitrogens with zero attached hydrogens (tertiary/aromatic N) is 1. The van der Waals surface area contributed by atoms with Crippen LogP contribution in [0.1, 0.15) is 13.8 Å². The average molecular weight is 258 g/mol. The van der Waals surface area contributed by atoms with Crippen LogP contribution in [0.2, 0.25) is 0 Å². The van der Waals surface area contributed by atoms with Crippen molar-refractivity contribution in [2.24, 2.45) is 10.7 Å². The van der Waals surface area contributed by atoms with Crippen molar-refractivity contribution in [3.8, 4) is 5.75 Å². The van der Waals surface area contributed by atoms with Gasteiger partial charge in [-0.1, -0.05) is 0 Å². The quantitative estimate of drug-likeness (QED) is 0.843. The maximum Gasteiger partial charge on any atom is 0.573 e. The minimum Gasteiger partial charge on any atom is -0.406 e. The number of hydrogen-bond acceptors (Lipinski definition) is 3. The molecule has 0 spiro atoms. The van der Waals surface area contributed by atoms with Gasteiger partial charge in [-0.3, -0.25) is 4.99 Å². The van der Waals surface area contributed by atoms with Gasteiger partial charge in [0.05, 0.1) is 5.69 Å². The van der Waals surface area contributed by atoms with Crippen molar-refractivity contribution in [1.82, 2.24) is 0 Å². The molecule has 2 N–H and O–H groups in total. The van der Waals surface area contributed by atoms with Crippen LogP contribution in [0.5, 0.6) is 5.75 Å². The summed E-state index contributed by atoms with van der Waals surface area (Å²) in [4.78, 5) is 4.07. The van der Waals surface area contributed by atoms with Gasteiger partial charge in [0.15, 0.2) is 0 Å². The predicted octanol–water partition coefficient (Wildman–Crippen LogP) is 3.54. The second-order valence-corrected chi connectivity index (χ2v) is 3.67. The smallest absolute Gasteiger partial charge is 0.406 e. The summed E-state index contributed by atoms with van der Waals surface area (Å²) in [5.74, 6) is -0.274. The molecular formula is C12H13F3N2O. The normalized spacial score (nSPS) is 13.6. The summed E-state index contributed by atoms with van der Waals surface area (Å²) in [7, 11) is 0. The largest absolute Gasteiger partial charge is 0.573 e. The Morgan fingerprint density at radius 1 is 1.22 bits per heavy atom. The van der Waals surface area contributed by atoms with E-state index in [0.717, 1.165) is 5.57 Å². The first-order valence-corrected chi connectivity index (χ1v) is 5.11. The summed E-state index contributed by atoms with van der Waals surface area (Å²) >= 11 is 0. The number of aliphatic imine (C=N–C) groups is 1. The highest BCUT2D eigenvalue weighted by Crippen LogP contribution is 2.24. The fourth-order valence-electron chi connectivity index (χ4n) is 1.01. The zero-order valence-corrected chi connectivity index (χ0v) is 9.95. The Morgan fingerprint density at radius 3 is 2.22 bits per heavy atom. The first kappa shape index (κ1) is 14.1. The molecule has 0 radical (unpaired) electrons. The topological polar surface area (TPSA) is 47.6 Å². The molecule has 98 valence electrons. The molecule has 0 aromatic heterocycles. The Hall–Kier alpha value is -1.98. The number of rotatable bonds is 3. The molecule has 0 aliphatic carbocycles. The molecule has 0 atom stereocenters. The lowest BCUT2D eigenvalue weighted by molar-refractivity contribution is -0.274. The molecular weight excluding hydrogens is 245 g/mol. The lowest BCUT2D eigenvalue weighted by atomic mass is 10.2. The van der Waals surface area contributed by atoms with Gasteiger partial charge in [-0.25, -0.2) is 0 Å².